The second-order valence-electron chi connectivity index (χ2n) is 3.38. The number of nitrogens with zero attached hydrogens (tertiary/aromatic N) is 1. The van der Waals surface area contributed by atoms with Crippen LogP contribution in [0.3, 0.4) is 0 Å². The summed E-state index contributed by atoms with van der Waals surface area (Å²) in [5.74, 6) is -0.151. The van der Waals surface area contributed by atoms with E-state index in [2.05, 4.69) is 0 Å². The summed E-state index contributed by atoms with van der Waals surface area (Å²) in [6.45, 7) is 0. The van der Waals surface area contributed by atoms with Gasteiger partial charge in [-0.1, -0.05) is 0 Å². The second-order valence-corrected chi connectivity index (χ2v) is 3.75. The van der Waals surface area contributed by atoms with Crippen LogP contribution in [0.25, 0.3) is 0 Å². The molecular formula is C12H11ClFNO. The zero-order valence-corrected chi connectivity index (χ0v) is 9.43. The van der Waals surface area contributed by atoms with Crippen LogP contribution in [0, 0.1) is 17.1 Å². The van der Waals surface area contributed by atoms with Gasteiger partial charge >= 0.3 is 0 Å². The Morgan fingerprint density at radius 2 is 2.19 bits per heavy atom. The van der Waals surface area contributed by atoms with Crippen molar-refractivity contribution >= 4 is 17.4 Å². The molecule has 0 aliphatic heterocycles. The minimum atomic E-state index is -0.597. The highest BCUT2D eigenvalue weighted by Crippen LogP contribution is 2.12. The van der Waals surface area contributed by atoms with Crippen LogP contribution in [0.15, 0.2) is 18.2 Å². The molecule has 1 aromatic rings. The summed E-state index contributed by atoms with van der Waals surface area (Å²) in [6, 6.07) is 5.55. The average Bonchev–Trinajstić information content (AvgIpc) is 2.30. The lowest BCUT2D eigenvalue weighted by Crippen LogP contribution is -2.00. The smallest absolute Gasteiger partial charge is 0.162 e. The normalized spacial score (nSPS) is 9.81. The van der Waals surface area contributed by atoms with Gasteiger partial charge in [-0.2, -0.15) is 5.26 Å². The third-order valence-electron chi connectivity index (χ3n) is 2.20. The van der Waals surface area contributed by atoms with Crippen molar-refractivity contribution in [3.63, 3.8) is 0 Å². The molecule has 84 valence electrons. The van der Waals surface area contributed by atoms with Crippen LogP contribution >= 0.6 is 11.6 Å². The van der Waals surface area contributed by atoms with Crippen molar-refractivity contribution in [2.45, 2.75) is 19.3 Å². The molecule has 0 atom stereocenters. The molecule has 0 aliphatic rings. The number of halogens is 2. The maximum absolute atomic E-state index is 13.0. The zero-order valence-electron chi connectivity index (χ0n) is 8.67. The van der Waals surface area contributed by atoms with E-state index in [1.807, 2.05) is 0 Å². The zero-order chi connectivity index (χ0) is 12.0. The van der Waals surface area contributed by atoms with Crippen molar-refractivity contribution in [3.8, 4) is 6.07 Å². The Bertz CT molecular complexity index is 426. The number of unbranched alkanes of at least 4 members (excludes halogenated alkanes) is 1. The monoisotopic (exact) mass is 239 g/mol. The number of ketones is 1. The lowest BCUT2D eigenvalue weighted by atomic mass is 10.0. The van der Waals surface area contributed by atoms with Crippen LogP contribution in [-0.4, -0.2) is 11.7 Å². The minimum absolute atomic E-state index is 0.0818. The van der Waals surface area contributed by atoms with Crippen molar-refractivity contribution in [2.75, 3.05) is 5.88 Å². The minimum Gasteiger partial charge on any atom is -0.294 e. The summed E-state index contributed by atoms with van der Waals surface area (Å²) < 4.78 is 13.0. The first kappa shape index (κ1) is 12.7. The van der Waals surface area contributed by atoms with E-state index in [0.717, 1.165) is 12.5 Å². The maximum atomic E-state index is 13.0. The van der Waals surface area contributed by atoms with Crippen molar-refractivity contribution in [2.24, 2.45) is 0 Å². The Hall–Kier alpha value is -1.40. The van der Waals surface area contributed by atoms with Crippen LogP contribution < -0.4 is 0 Å². The van der Waals surface area contributed by atoms with Crippen LogP contribution in [0.4, 0.5) is 4.39 Å². The molecule has 0 heterocycles. The molecule has 0 radical (unpaired) electrons. The molecule has 0 saturated heterocycles. The SMILES string of the molecule is N#Cc1cc(C(=O)CCCCCl)ccc1F. The first-order chi connectivity index (χ1) is 7.69. The second kappa shape index (κ2) is 6.24. The number of rotatable bonds is 5. The van der Waals surface area contributed by atoms with Gasteiger partial charge in [0.15, 0.2) is 5.78 Å². The Balaban J connectivity index is 2.73. The Morgan fingerprint density at radius 1 is 1.44 bits per heavy atom. The van der Waals surface area contributed by atoms with Crippen LogP contribution in [0.5, 0.6) is 0 Å². The van der Waals surface area contributed by atoms with Crippen LogP contribution in [0.2, 0.25) is 0 Å². The van der Waals surface area contributed by atoms with E-state index >= 15 is 0 Å². The highest BCUT2D eigenvalue weighted by Gasteiger charge is 2.09. The summed E-state index contributed by atoms with van der Waals surface area (Å²) in [5, 5.41) is 8.62. The number of benzene rings is 1. The molecule has 0 aliphatic carbocycles. The van der Waals surface area contributed by atoms with E-state index in [0.29, 0.717) is 24.3 Å². The molecule has 0 unspecified atom stereocenters. The molecular weight excluding hydrogens is 229 g/mol. The fraction of sp³-hybridized carbons (Fsp3) is 0.333. The first-order valence-corrected chi connectivity index (χ1v) is 5.51. The van der Waals surface area contributed by atoms with Crippen LogP contribution in [-0.2, 0) is 0 Å². The molecule has 0 spiro atoms. The summed E-state index contributed by atoms with van der Waals surface area (Å²) in [7, 11) is 0. The molecule has 0 N–H and O–H groups in total. The van der Waals surface area contributed by atoms with Gasteiger partial charge in [-0.15, -0.1) is 11.6 Å². The van der Waals surface area contributed by atoms with Gasteiger partial charge in [-0.05, 0) is 31.0 Å². The van der Waals surface area contributed by atoms with Gasteiger partial charge in [0.25, 0.3) is 0 Å². The van der Waals surface area contributed by atoms with E-state index in [1.165, 1.54) is 12.1 Å². The van der Waals surface area contributed by atoms with Crippen molar-refractivity contribution in [1.29, 1.82) is 5.26 Å². The topological polar surface area (TPSA) is 40.9 Å². The van der Waals surface area contributed by atoms with Gasteiger partial charge in [0, 0.05) is 17.9 Å². The quantitative estimate of drug-likeness (QED) is 0.449. The maximum Gasteiger partial charge on any atom is 0.162 e. The van der Waals surface area contributed by atoms with E-state index in [1.54, 1.807) is 6.07 Å². The molecule has 1 rings (SSSR count). The van der Waals surface area contributed by atoms with Crippen molar-refractivity contribution in [1.82, 2.24) is 0 Å². The highest BCUT2D eigenvalue weighted by atomic mass is 35.5. The Kier molecular flexibility index (Phi) is 4.94. The van der Waals surface area contributed by atoms with Crippen LogP contribution in [0.1, 0.15) is 35.2 Å². The molecule has 4 heteroatoms. The number of carbonyl (C=O) groups excluding carboxylic acids is 1. The summed E-state index contributed by atoms with van der Waals surface area (Å²) >= 11 is 5.50. The predicted octanol–water partition coefficient (Wildman–Crippen LogP) is 3.29. The van der Waals surface area contributed by atoms with E-state index in [-0.39, 0.29) is 11.3 Å². The van der Waals surface area contributed by atoms with Crippen molar-refractivity contribution in [3.05, 3.63) is 35.1 Å². The molecule has 1 aromatic carbocycles. The van der Waals surface area contributed by atoms with Gasteiger partial charge in [-0.25, -0.2) is 4.39 Å². The third kappa shape index (κ3) is 3.32. The average molecular weight is 240 g/mol. The van der Waals surface area contributed by atoms with Gasteiger partial charge in [0.05, 0.1) is 5.56 Å². The molecule has 0 aromatic heterocycles. The number of nitriles is 1. The number of hydrogen-bond donors (Lipinski definition) is 0. The fourth-order valence-corrected chi connectivity index (χ4v) is 1.50. The van der Waals surface area contributed by atoms with Crippen molar-refractivity contribution < 1.29 is 9.18 Å². The van der Waals surface area contributed by atoms with Gasteiger partial charge in [0.2, 0.25) is 0 Å². The first-order valence-electron chi connectivity index (χ1n) is 4.98. The summed E-state index contributed by atoms with van der Waals surface area (Å²) in [5.41, 5.74) is 0.288. The van der Waals surface area contributed by atoms with E-state index in [4.69, 9.17) is 16.9 Å². The lowest BCUT2D eigenvalue weighted by Gasteiger charge is -2.01. The Morgan fingerprint density at radius 3 is 2.81 bits per heavy atom. The number of hydrogen-bond acceptors (Lipinski definition) is 2. The molecule has 16 heavy (non-hydrogen) atoms. The molecule has 0 saturated carbocycles. The van der Waals surface area contributed by atoms with Gasteiger partial charge in [0.1, 0.15) is 11.9 Å². The third-order valence-corrected chi connectivity index (χ3v) is 2.46. The number of carbonyl (C=O) groups is 1. The molecule has 0 fully saturated rings. The number of alkyl halides is 1. The van der Waals surface area contributed by atoms with Gasteiger partial charge in [-0.3, -0.25) is 4.79 Å². The fourth-order valence-electron chi connectivity index (χ4n) is 1.31. The van der Waals surface area contributed by atoms with Gasteiger partial charge < -0.3 is 0 Å². The highest BCUT2D eigenvalue weighted by molar-refractivity contribution is 6.17. The summed E-state index contributed by atoms with van der Waals surface area (Å²) in [4.78, 5) is 11.6. The molecule has 0 bridgehead atoms. The van der Waals surface area contributed by atoms with E-state index in [9.17, 15) is 9.18 Å². The number of Topliss-reactive ketones (excluding diaryl/α,β-unsaturated/α-hetero) is 1. The lowest BCUT2D eigenvalue weighted by molar-refractivity contribution is 0.0980. The Labute approximate surface area is 98.6 Å². The summed E-state index contributed by atoms with van der Waals surface area (Å²) in [6.07, 6.45) is 1.87. The predicted molar refractivity (Wildman–Crippen MR) is 60.0 cm³/mol. The molecule has 0 amide bonds. The van der Waals surface area contributed by atoms with E-state index < -0.39 is 5.82 Å². The standard InChI is InChI=1S/C12H11ClFNO/c13-6-2-1-3-12(16)9-4-5-11(14)10(7-9)8-15/h4-5,7H,1-3,6H2. The largest absolute Gasteiger partial charge is 0.294 e. The molecule has 2 nitrogen and oxygen atoms in total.